The molecule has 0 aliphatic carbocycles. The van der Waals surface area contributed by atoms with Crippen molar-refractivity contribution in [3.8, 4) is 6.07 Å². The van der Waals surface area contributed by atoms with Crippen LogP contribution < -0.4 is 5.32 Å². The fourth-order valence-corrected chi connectivity index (χ4v) is 1.14. The van der Waals surface area contributed by atoms with E-state index in [-0.39, 0.29) is 0 Å². The molecule has 1 aromatic carbocycles. The molecule has 1 N–H and O–H groups in total. The van der Waals surface area contributed by atoms with Crippen molar-refractivity contribution < 1.29 is 0 Å². The molecule has 0 fully saturated rings. The molecular weight excluding hydrogens is 160 g/mol. The third kappa shape index (κ3) is 3.16. The van der Waals surface area contributed by atoms with E-state index in [2.05, 4.69) is 25.2 Å². The van der Waals surface area contributed by atoms with Crippen LogP contribution in [0.15, 0.2) is 24.3 Å². The first-order chi connectivity index (χ1) is 6.22. The summed E-state index contributed by atoms with van der Waals surface area (Å²) < 4.78 is 0. The number of rotatable bonds is 3. The van der Waals surface area contributed by atoms with E-state index in [1.54, 1.807) is 0 Å². The van der Waals surface area contributed by atoms with Gasteiger partial charge in [0.25, 0.3) is 0 Å². The minimum Gasteiger partial charge on any atom is -0.383 e. The Bertz CT molecular complexity index is 293. The average molecular weight is 174 g/mol. The average Bonchev–Trinajstić information content (AvgIpc) is 2.08. The normalized spacial score (nSPS) is 9.69. The molecule has 0 aliphatic rings. The number of benzene rings is 1. The summed E-state index contributed by atoms with van der Waals surface area (Å²) >= 11 is 0. The van der Waals surface area contributed by atoms with Gasteiger partial charge in [0.1, 0.15) is 0 Å². The quantitative estimate of drug-likeness (QED) is 0.764. The topological polar surface area (TPSA) is 35.8 Å². The van der Waals surface area contributed by atoms with Crippen molar-refractivity contribution in [2.45, 2.75) is 26.3 Å². The Balaban J connectivity index is 2.65. The minimum absolute atomic E-state index is 0.446. The van der Waals surface area contributed by atoms with Gasteiger partial charge in [-0.05, 0) is 31.5 Å². The molecule has 0 aliphatic heterocycles. The predicted molar refractivity (Wildman–Crippen MR) is 54.5 cm³/mol. The maximum absolute atomic E-state index is 8.47. The first kappa shape index (κ1) is 9.60. The molecule has 0 amide bonds. The number of hydrogen-bond acceptors (Lipinski definition) is 2. The van der Waals surface area contributed by atoms with Crippen LogP contribution in [-0.4, -0.2) is 6.04 Å². The Hall–Kier alpha value is -1.49. The number of anilines is 1. The summed E-state index contributed by atoms with van der Waals surface area (Å²) in [6, 6.07) is 10.5. The van der Waals surface area contributed by atoms with Gasteiger partial charge in [-0.25, -0.2) is 0 Å². The van der Waals surface area contributed by atoms with Crippen molar-refractivity contribution in [1.29, 1.82) is 5.26 Å². The fourth-order valence-electron chi connectivity index (χ4n) is 1.14. The highest BCUT2D eigenvalue weighted by Crippen LogP contribution is 2.10. The zero-order chi connectivity index (χ0) is 9.68. The summed E-state index contributed by atoms with van der Waals surface area (Å²) in [5.74, 6) is 0. The van der Waals surface area contributed by atoms with Gasteiger partial charge in [-0.2, -0.15) is 5.26 Å². The molecule has 13 heavy (non-hydrogen) atoms. The van der Waals surface area contributed by atoms with E-state index in [0.29, 0.717) is 12.5 Å². The maximum Gasteiger partial charge on any atom is 0.0669 e. The second kappa shape index (κ2) is 4.51. The lowest BCUT2D eigenvalue weighted by Crippen LogP contribution is -2.09. The first-order valence-corrected chi connectivity index (χ1v) is 4.45. The molecule has 0 saturated heterocycles. The Morgan fingerprint density at radius 3 is 2.38 bits per heavy atom. The van der Waals surface area contributed by atoms with Crippen molar-refractivity contribution in [3.05, 3.63) is 29.8 Å². The third-order valence-corrected chi connectivity index (χ3v) is 1.69. The fraction of sp³-hybridized carbons (Fsp3) is 0.364. The van der Waals surface area contributed by atoms with Crippen molar-refractivity contribution in [1.82, 2.24) is 0 Å². The monoisotopic (exact) mass is 174 g/mol. The molecule has 0 saturated carbocycles. The Kier molecular flexibility index (Phi) is 3.33. The minimum atomic E-state index is 0.446. The van der Waals surface area contributed by atoms with Crippen LogP contribution in [0.3, 0.4) is 0 Å². The van der Waals surface area contributed by atoms with E-state index >= 15 is 0 Å². The van der Waals surface area contributed by atoms with Gasteiger partial charge >= 0.3 is 0 Å². The molecule has 1 aromatic rings. The standard InChI is InChI=1S/C11H14N2/c1-9(2)13-11-5-3-10(4-6-11)7-8-12/h3-6,9,13H,7H2,1-2H3. The summed E-state index contributed by atoms with van der Waals surface area (Å²) in [6.45, 7) is 4.20. The van der Waals surface area contributed by atoms with E-state index in [9.17, 15) is 0 Å². The number of nitrogens with one attached hydrogen (secondary N) is 1. The van der Waals surface area contributed by atoms with Crippen molar-refractivity contribution in [2.75, 3.05) is 5.32 Å². The van der Waals surface area contributed by atoms with Gasteiger partial charge in [-0.1, -0.05) is 12.1 Å². The largest absolute Gasteiger partial charge is 0.383 e. The number of nitrogens with zero attached hydrogens (tertiary/aromatic N) is 1. The van der Waals surface area contributed by atoms with Gasteiger partial charge < -0.3 is 5.32 Å². The second-order valence-corrected chi connectivity index (χ2v) is 3.33. The lowest BCUT2D eigenvalue weighted by atomic mass is 10.1. The molecule has 0 unspecified atom stereocenters. The molecule has 0 aromatic heterocycles. The zero-order valence-corrected chi connectivity index (χ0v) is 8.04. The van der Waals surface area contributed by atoms with Crippen LogP contribution in [0.5, 0.6) is 0 Å². The van der Waals surface area contributed by atoms with E-state index < -0.39 is 0 Å². The molecule has 0 spiro atoms. The summed E-state index contributed by atoms with van der Waals surface area (Å²) in [7, 11) is 0. The highest BCUT2D eigenvalue weighted by Gasteiger charge is 1.95. The Labute approximate surface area is 79.2 Å². The first-order valence-electron chi connectivity index (χ1n) is 4.45. The van der Waals surface area contributed by atoms with E-state index in [1.807, 2.05) is 24.3 Å². The predicted octanol–water partition coefficient (Wildman–Crippen LogP) is 2.57. The maximum atomic E-state index is 8.47. The van der Waals surface area contributed by atoms with Gasteiger partial charge in [0, 0.05) is 11.7 Å². The highest BCUT2D eigenvalue weighted by molar-refractivity contribution is 5.45. The number of hydrogen-bond donors (Lipinski definition) is 1. The Morgan fingerprint density at radius 2 is 1.92 bits per heavy atom. The second-order valence-electron chi connectivity index (χ2n) is 3.33. The van der Waals surface area contributed by atoms with E-state index in [4.69, 9.17) is 5.26 Å². The lowest BCUT2D eigenvalue weighted by molar-refractivity contribution is 0.899. The van der Waals surface area contributed by atoms with Crippen molar-refractivity contribution >= 4 is 5.69 Å². The number of nitriles is 1. The highest BCUT2D eigenvalue weighted by atomic mass is 14.9. The summed E-state index contributed by atoms with van der Waals surface area (Å²) in [4.78, 5) is 0. The molecule has 0 bridgehead atoms. The molecule has 1 rings (SSSR count). The summed E-state index contributed by atoms with van der Waals surface area (Å²) in [5.41, 5.74) is 2.17. The van der Waals surface area contributed by atoms with E-state index in [0.717, 1.165) is 11.3 Å². The van der Waals surface area contributed by atoms with E-state index in [1.165, 1.54) is 0 Å². The third-order valence-electron chi connectivity index (χ3n) is 1.69. The smallest absolute Gasteiger partial charge is 0.0669 e. The van der Waals surface area contributed by atoms with Crippen molar-refractivity contribution in [3.63, 3.8) is 0 Å². The van der Waals surface area contributed by atoms with Crippen LogP contribution >= 0.6 is 0 Å². The summed E-state index contributed by atoms with van der Waals surface area (Å²) in [6.07, 6.45) is 0.488. The van der Waals surface area contributed by atoms with Crippen LogP contribution in [0, 0.1) is 11.3 Å². The van der Waals surface area contributed by atoms with Gasteiger partial charge in [0.2, 0.25) is 0 Å². The molecule has 68 valence electrons. The van der Waals surface area contributed by atoms with Gasteiger partial charge in [0.15, 0.2) is 0 Å². The van der Waals surface area contributed by atoms with Crippen LogP contribution in [0.25, 0.3) is 0 Å². The van der Waals surface area contributed by atoms with Crippen molar-refractivity contribution in [2.24, 2.45) is 0 Å². The molecule has 0 radical (unpaired) electrons. The lowest BCUT2D eigenvalue weighted by Gasteiger charge is -2.09. The van der Waals surface area contributed by atoms with Gasteiger partial charge in [-0.15, -0.1) is 0 Å². The summed E-state index contributed by atoms with van der Waals surface area (Å²) in [5, 5.41) is 11.8. The SMILES string of the molecule is CC(C)Nc1ccc(CC#N)cc1. The molecular formula is C11H14N2. The molecule has 2 heteroatoms. The molecule has 0 atom stereocenters. The van der Waals surface area contributed by atoms with Gasteiger partial charge in [0.05, 0.1) is 12.5 Å². The molecule has 2 nitrogen and oxygen atoms in total. The van der Waals surface area contributed by atoms with Crippen LogP contribution in [0.4, 0.5) is 5.69 Å². The van der Waals surface area contributed by atoms with Crippen LogP contribution in [0.2, 0.25) is 0 Å². The Morgan fingerprint density at radius 1 is 1.31 bits per heavy atom. The molecule has 0 heterocycles. The van der Waals surface area contributed by atoms with Crippen LogP contribution in [0.1, 0.15) is 19.4 Å². The van der Waals surface area contributed by atoms with Gasteiger partial charge in [-0.3, -0.25) is 0 Å². The zero-order valence-electron chi connectivity index (χ0n) is 8.04. The van der Waals surface area contributed by atoms with Crippen LogP contribution in [-0.2, 0) is 6.42 Å².